The number of hydrogen-bond acceptors (Lipinski definition) is 4. The lowest BCUT2D eigenvalue weighted by molar-refractivity contribution is -0.122. The van der Waals surface area contributed by atoms with Gasteiger partial charge in [0, 0.05) is 11.8 Å². The fraction of sp³-hybridized carbons (Fsp3) is 0.208. The van der Waals surface area contributed by atoms with Crippen molar-refractivity contribution in [3.8, 4) is 23.0 Å². The van der Waals surface area contributed by atoms with Gasteiger partial charge in [-0.05, 0) is 38.5 Å². The highest BCUT2D eigenvalue weighted by molar-refractivity contribution is 5.77. The topological polar surface area (TPSA) is 73.0 Å². The largest absolute Gasteiger partial charge is 0.348 e. The molecule has 0 saturated heterocycles. The van der Waals surface area contributed by atoms with Gasteiger partial charge < -0.3 is 14.4 Å². The molecule has 2 aromatic heterocycles. The van der Waals surface area contributed by atoms with Crippen molar-refractivity contribution in [2.75, 3.05) is 0 Å². The van der Waals surface area contributed by atoms with Crippen LogP contribution in [0.1, 0.15) is 29.7 Å². The van der Waals surface area contributed by atoms with E-state index in [1.807, 2.05) is 92.2 Å². The van der Waals surface area contributed by atoms with Crippen molar-refractivity contribution in [2.45, 2.75) is 33.4 Å². The number of amides is 1. The van der Waals surface area contributed by atoms with Crippen LogP contribution in [0.25, 0.3) is 23.0 Å². The van der Waals surface area contributed by atoms with Gasteiger partial charge in [0.2, 0.25) is 11.7 Å². The molecule has 0 aliphatic carbocycles. The van der Waals surface area contributed by atoms with Crippen LogP contribution in [-0.2, 0) is 11.3 Å². The molecule has 2 heterocycles. The molecule has 0 unspecified atom stereocenters. The number of benzene rings is 2. The predicted molar refractivity (Wildman–Crippen MR) is 116 cm³/mol. The first-order chi connectivity index (χ1) is 14.5. The molecule has 0 aliphatic rings. The van der Waals surface area contributed by atoms with Gasteiger partial charge >= 0.3 is 0 Å². The van der Waals surface area contributed by atoms with E-state index in [0.717, 1.165) is 11.1 Å². The van der Waals surface area contributed by atoms with Crippen molar-refractivity contribution in [1.82, 2.24) is 20.0 Å². The first-order valence-corrected chi connectivity index (χ1v) is 9.92. The second kappa shape index (κ2) is 8.37. The van der Waals surface area contributed by atoms with Crippen molar-refractivity contribution in [3.63, 3.8) is 0 Å². The molecule has 0 saturated carbocycles. The van der Waals surface area contributed by atoms with Crippen molar-refractivity contribution >= 4 is 5.91 Å². The summed E-state index contributed by atoms with van der Waals surface area (Å²) in [4.78, 5) is 17.1. The van der Waals surface area contributed by atoms with Gasteiger partial charge in [0.1, 0.15) is 12.2 Å². The molecule has 0 bridgehead atoms. The number of rotatable bonds is 6. The lowest BCUT2D eigenvalue weighted by atomic mass is 10.1. The SMILES string of the molecule is Cc1ccc(-c2noc(-c3cccn3CC(=O)N[C@@H](C)c3ccc(C)cc3)n2)cc1. The van der Waals surface area contributed by atoms with Crippen LogP contribution in [0.15, 0.2) is 71.4 Å². The lowest BCUT2D eigenvalue weighted by Crippen LogP contribution is -2.30. The first kappa shape index (κ1) is 19.6. The summed E-state index contributed by atoms with van der Waals surface area (Å²) in [5, 5.41) is 7.13. The number of hydrogen-bond donors (Lipinski definition) is 1. The zero-order valence-electron chi connectivity index (χ0n) is 17.3. The number of carbonyl (C=O) groups is 1. The molecule has 0 radical (unpaired) electrons. The van der Waals surface area contributed by atoms with E-state index in [1.54, 1.807) is 0 Å². The smallest absolute Gasteiger partial charge is 0.274 e. The van der Waals surface area contributed by atoms with Crippen LogP contribution in [0, 0.1) is 13.8 Å². The second-order valence-electron chi connectivity index (χ2n) is 7.51. The van der Waals surface area contributed by atoms with E-state index in [1.165, 1.54) is 11.1 Å². The monoisotopic (exact) mass is 400 g/mol. The van der Waals surface area contributed by atoms with Crippen LogP contribution < -0.4 is 5.32 Å². The molecule has 4 aromatic rings. The van der Waals surface area contributed by atoms with Crippen LogP contribution in [0.2, 0.25) is 0 Å². The normalized spacial score (nSPS) is 12.0. The van der Waals surface area contributed by atoms with Crippen molar-refractivity contribution in [2.24, 2.45) is 0 Å². The Hall–Kier alpha value is -3.67. The van der Waals surface area contributed by atoms with Gasteiger partial charge in [0.05, 0.1) is 6.04 Å². The summed E-state index contributed by atoms with van der Waals surface area (Å²) in [7, 11) is 0. The summed E-state index contributed by atoms with van der Waals surface area (Å²) in [6.07, 6.45) is 1.83. The number of nitrogens with zero attached hydrogens (tertiary/aromatic N) is 3. The Kier molecular flexibility index (Phi) is 5.48. The summed E-state index contributed by atoms with van der Waals surface area (Å²) in [6.45, 7) is 6.22. The summed E-state index contributed by atoms with van der Waals surface area (Å²) < 4.78 is 7.27. The third-order valence-electron chi connectivity index (χ3n) is 5.05. The Bertz CT molecular complexity index is 1140. The van der Waals surface area contributed by atoms with Gasteiger partial charge in [-0.2, -0.15) is 4.98 Å². The maximum atomic E-state index is 12.6. The number of nitrogens with one attached hydrogen (secondary N) is 1. The molecule has 4 rings (SSSR count). The molecule has 6 nitrogen and oxygen atoms in total. The van der Waals surface area contributed by atoms with E-state index in [0.29, 0.717) is 17.4 Å². The summed E-state index contributed by atoms with van der Waals surface area (Å²) in [5.41, 5.74) is 5.03. The minimum absolute atomic E-state index is 0.0753. The Morgan fingerprint density at radius 2 is 1.70 bits per heavy atom. The quantitative estimate of drug-likeness (QED) is 0.509. The van der Waals surface area contributed by atoms with Crippen LogP contribution in [-0.4, -0.2) is 20.6 Å². The summed E-state index contributed by atoms with van der Waals surface area (Å²) >= 11 is 0. The van der Waals surface area contributed by atoms with Gasteiger partial charge in [0.25, 0.3) is 5.89 Å². The van der Waals surface area contributed by atoms with Crippen LogP contribution in [0.3, 0.4) is 0 Å². The van der Waals surface area contributed by atoms with Crippen molar-refractivity contribution in [3.05, 3.63) is 83.6 Å². The maximum Gasteiger partial charge on any atom is 0.274 e. The Morgan fingerprint density at radius 3 is 2.40 bits per heavy atom. The molecule has 1 N–H and O–H groups in total. The van der Waals surface area contributed by atoms with E-state index in [-0.39, 0.29) is 18.5 Å². The lowest BCUT2D eigenvalue weighted by Gasteiger charge is -2.15. The van der Waals surface area contributed by atoms with Crippen LogP contribution in [0.5, 0.6) is 0 Å². The number of carbonyl (C=O) groups excluding carboxylic acids is 1. The number of aromatic nitrogens is 3. The van der Waals surface area contributed by atoms with E-state index in [9.17, 15) is 4.79 Å². The Balaban J connectivity index is 1.46. The minimum Gasteiger partial charge on any atom is -0.348 e. The van der Waals surface area contributed by atoms with Gasteiger partial charge in [-0.15, -0.1) is 0 Å². The zero-order valence-corrected chi connectivity index (χ0v) is 17.3. The summed E-state index contributed by atoms with van der Waals surface area (Å²) in [5.74, 6) is 0.823. The standard InChI is InChI=1S/C24H24N4O2/c1-16-6-10-19(11-7-16)18(3)25-22(29)15-28-14-4-5-21(28)24-26-23(27-30-24)20-12-8-17(2)9-13-20/h4-14,18H,15H2,1-3H3,(H,25,29)/t18-/m0/s1. The second-order valence-corrected chi connectivity index (χ2v) is 7.51. The van der Waals surface area contributed by atoms with Crippen LogP contribution in [0.4, 0.5) is 0 Å². The highest BCUT2D eigenvalue weighted by Gasteiger charge is 2.16. The van der Waals surface area contributed by atoms with E-state index < -0.39 is 0 Å². The molecular formula is C24H24N4O2. The Morgan fingerprint density at radius 1 is 1.03 bits per heavy atom. The highest BCUT2D eigenvalue weighted by Crippen LogP contribution is 2.23. The molecular weight excluding hydrogens is 376 g/mol. The molecule has 6 heteroatoms. The van der Waals surface area contributed by atoms with Gasteiger partial charge in [-0.25, -0.2) is 0 Å². The highest BCUT2D eigenvalue weighted by atomic mass is 16.5. The Labute approximate surface area is 175 Å². The fourth-order valence-electron chi connectivity index (χ4n) is 3.27. The van der Waals surface area contributed by atoms with E-state index in [2.05, 4.69) is 15.5 Å². The van der Waals surface area contributed by atoms with Gasteiger partial charge in [-0.3, -0.25) is 4.79 Å². The molecule has 0 spiro atoms. The minimum atomic E-state index is -0.0844. The van der Waals surface area contributed by atoms with E-state index in [4.69, 9.17) is 4.52 Å². The third-order valence-corrected chi connectivity index (χ3v) is 5.05. The van der Waals surface area contributed by atoms with Crippen molar-refractivity contribution < 1.29 is 9.32 Å². The molecule has 0 fully saturated rings. The third kappa shape index (κ3) is 4.33. The van der Waals surface area contributed by atoms with Crippen molar-refractivity contribution in [1.29, 1.82) is 0 Å². The van der Waals surface area contributed by atoms with Crippen LogP contribution >= 0.6 is 0 Å². The average molecular weight is 400 g/mol. The molecule has 1 atom stereocenters. The van der Waals surface area contributed by atoms with E-state index >= 15 is 0 Å². The predicted octanol–water partition coefficient (Wildman–Crippen LogP) is 4.70. The molecule has 0 aliphatic heterocycles. The molecule has 152 valence electrons. The zero-order chi connectivity index (χ0) is 21.1. The maximum absolute atomic E-state index is 12.6. The molecule has 2 aromatic carbocycles. The first-order valence-electron chi connectivity index (χ1n) is 9.92. The summed E-state index contributed by atoms with van der Waals surface area (Å²) in [6, 6.07) is 19.7. The van der Waals surface area contributed by atoms with Gasteiger partial charge in [-0.1, -0.05) is 64.8 Å². The molecule has 30 heavy (non-hydrogen) atoms. The average Bonchev–Trinajstić information content (AvgIpc) is 3.38. The fourth-order valence-corrected chi connectivity index (χ4v) is 3.27. The number of aryl methyl sites for hydroxylation is 2. The molecule has 1 amide bonds. The van der Waals surface area contributed by atoms with Gasteiger partial charge in [0.15, 0.2) is 0 Å².